The molecule has 0 radical (unpaired) electrons. The Bertz CT molecular complexity index is 243. The maximum absolute atomic E-state index is 11.5. The number of carbonyl (C=O) groups is 1. The summed E-state index contributed by atoms with van der Waals surface area (Å²) in [6.45, 7) is 10.9. The van der Waals surface area contributed by atoms with Crippen LogP contribution in [0.3, 0.4) is 0 Å². The van der Waals surface area contributed by atoms with Gasteiger partial charge in [-0.05, 0) is 48.0 Å². The first kappa shape index (κ1) is 16.2. The average Bonchev–Trinajstić information content (AvgIpc) is 1.96. The van der Waals surface area contributed by atoms with E-state index in [1.807, 2.05) is 0 Å². The normalized spacial score (nSPS) is 14.3. The Labute approximate surface area is 103 Å². The lowest BCUT2D eigenvalue weighted by atomic mass is 10.2. The van der Waals surface area contributed by atoms with Crippen molar-refractivity contribution in [2.45, 2.75) is 65.4 Å². The van der Waals surface area contributed by atoms with Gasteiger partial charge in [0.25, 0.3) is 0 Å². The standard InChI is InChI=1S/C12H25NO4/c1-9(14)7-8-16-12(5,6)13-10(15)17-11(2,3)4/h9,14H,7-8H2,1-6H3,(H,13,15). The molecule has 0 fully saturated rings. The molecule has 0 aliphatic heterocycles. The van der Waals surface area contributed by atoms with Crippen LogP contribution in [0.2, 0.25) is 0 Å². The van der Waals surface area contributed by atoms with E-state index in [1.165, 1.54) is 0 Å². The molecular formula is C12H25NO4. The van der Waals surface area contributed by atoms with Crippen molar-refractivity contribution in [2.75, 3.05) is 6.61 Å². The predicted octanol–water partition coefficient (Wildman–Crippen LogP) is 2.03. The summed E-state index contributed by atoms with van der Waals surface area (Å²) >= 11 is 0. The van der Waals surface area contributed by atoms with E-state index < -0.39 is 23.5 Å². The van der Waals surface area contributed by atoms with Crippen LogP contribution in [0.25, 0.3) is 0 Å². The topological polar surface area (TPSA) is 67.8 Å². The van der Waals surface area contributed by atoms with Crippen LogP contribution in [-0.2, 0) is 9.47 Å². The van der Waals surface area contributed by atoms with Crippen LogP contribution in [0.5, 0.6) is 0 Å². The van der Waals surface area contributed by atoms with Crippen LogP contribution in [0.4, 0.5) is 4.79 Å². The highest BCUT2D eigenvalue weighted by Gasteiger charge is 2.24. The summed E-state index contributed by atoms with van der Waals surface area (Å²) in [5.74, 6) is 0. The van der Waals surface area contributed by atoms with E-state index in [1.54, 1.807) is 41.5 Å². The third-order valence-corrected chi connectivity index (χ3v) is 1.80. The first-order chi connectivity index (χ1) is 7.52. The molecule has 1 amide bonds. The Morgan fingerprint density at radius 3 is 2.24 bits per heavy atom. The van der Waals surface area contributed by atoms with E-state index in [-0.39, 0.29) is 0 Å². The van der Waals surface area contributed by atoms with Crippen LogP contribution in [-0.4, -0.2) is 35.2 Å². The third kappa shape index (κ3) is 10.1. The average molecular weight is 247 g/mol. The number of aliphatic hydroxyl groups is 1. The molecule has 0 rings (SSSR count). The molecule has 102 valence electrons. The number of carbonyl (C=O) groups excluding carboxylic acids is 1. The molecule has 0 bridgehead atoms. The number of alkyl carbamates (subject to hydrolysis) is 1. The minimum atomic E-state index is -0.808. The lowest BCUT2D eigenvalue weighted by Gasteiger charge is -2.29. The molecule has 1 unspecified atom stereocenters. The van der Waals surface area contributed by atoms with E-state index in [2.05, 4.69) is 5.32 Å². The minimum Gasteiger partial charge on any atom is -0.444 e. The number of rotatable bonds is 5. The van der Waals surface area contributed by atoms with E-state index in [0.29, 0.717) is 13.0 Å². The summed E-state index contributed by atoms with van der Waals surface area (Å²) in [5.41, 5.74) is -1.34. The highest BCUT2D eigenvalue weighted by Crippen LogP contribution is 2.10. The van der Waals surface area contributed by atoms with Crippen LogP contribution >= 0.6 is 0 Å². The van der Waals surface area contributed by atoms with Gasteiger partial charge in [0.2, 0.25) is 0 Å². The quantitative estimate of drug-likeness (QED) is 0.729. The van der Waals surface area contributed by atoms with Crippen molar-refractivity contribution < 1.29 is 19.4 Å². The second kappa shape index (κ2) is 6.21. The molecule has 0 saturated heterocycles. The summed E-state index contributed by atoms with van der Waals surface area (Å²) in [7, 11) is 0. The van der Waals surface area contributed by atoms with Gasteiger partial charge in [-0.3, -0.25) is 5.32 Å². The van der Waals surface area contributed by atoms with E-state index in [0.717, 1.165) is 0 Å². The van der Waals surface area contributed by atoms with Crippen LogP contribution in [0, 0.1) is 0 Å². The molecule has 0 aromatic rings. The third-order valence-electron chi connectivity index (χ3n) is 1.80. The Hall–Kier alpha value is -0.810. The summed E-state index contributed by atoms with van der Waals surface area (Å²) in [5, 5.41) is 11.7. The van der Waals surface area contributed by atoms with Crippen molar-refractivity contribution in [3.8, 4) is 0 Å². The van der Waals surface area contributed by atoms with Gasteiger partial charge in [0.05, 0.1) is 12.7 Å². The Balaban J connectivity index is 4.03. The second-order valence-electron chi connectivity index (χ2n) is 5.62. The molecule has 0 aromatic carbocycles. The zero-order valence-electron chi connectivity index (χ0n) is 11.7. The fourth-order valence-electron chi connectivity index (χ4n) is 1.07. The maximum Gasteiger partial charge on any atom is 0.409 e. The fraction of sp³-hybridized carbons (Fsp3) is 0.917. The fourth-order valence-corrected chi connectivity index (χ4v) is 1.07. The molecule has 0 aromatic heterocycles. The molecule has 1 atom stereocenters. The number of hydrogen-bond donors (Lipinski definition) is 2. The van der Waals surface area contributed by atoms with Gasteiger partial charge >= 0.3 is 6.09 Å². The highest BCUT2D eigenvalue weighted by atomic mass is 16.6. The van der Waals surface area contributed by atoms with Gasteiger partial charge in [0.1, 0.15) is 11.3 Å². The first-order valence-corrected chi connectivity index (χ1v) is 5.85. The molecule has 2 N–H and O–H groups in total. The van der Waals surface area contributed by atoms with Gasteiger partial charge in [0.15, 0.2) is 0 Å². The van der Waals surface area contributed by atoms with Gasteiger partial charge in [-0.1, -0.05) is 0 Å². The van der Waals surface area contributed by atoms with Crippen LogP contribution in [0.15, 0.2) is 0 Å². The molecular weight excluding hydrogens is 222 g/mol. The van der Waals surface area contributed by atoms with E-state index in [9.17, 15) is 4.79 Å². The number of nitrogens with one attached hydrogen (secondary N) is 1. The first-order valence-electron chi connectivity index (χ1n) is 5.85. The predicted molar refractivity (Wildman–Crippen MR) is 65.7 cm³/mol. The number of hydrogen-bond acceptors (Lipinski definition) is 4. The van der Waals surface area contributed by atoms with Gasteiger partial charge in [-0.2, -0.15) is 0 Å². The van der Waals surface area contributed by atoms with Gasteiger partial charge in [-0.15, -0.1) is 0 Å². The maximum atomic E-state index is 11.5. The number of ether oxygens (including phenoxy) is 2. The summed E-state index contributed by atoms with van der Waals surface area (Å²) in [4.78, 5) is 11.5. The summed E-state index contributed by atoms with van der Waals surface area (Å²) < 4.78 is 10.6. The molecule has 0 heterocycles. The monoisotopic (exact) mass is 247 g/mol. The van der Waals surface area contributed by atoms with Crippen molar-refractivity contribution in [1.29, 1.82) is 0 Å². The SMILES string of the molecule is CC(O)CCOC(C)(C)NC(=O)OC(C)(C)C. The van der Waals surface area contributed by atoms with E-state index in [4.69, 9.17) is 14.6 Å². The minimum absolute atomic E-state index is 0.375. The molecule has 17 heavy (non-hydrogen) atoms. The van der Waals surface area contributed by atoms with Gasteiger partial charge in [-0.25, -0.2) is 4.79 Å². The Kier molecular flexibility index (Phi) is 5.92. The summed E-state index contributed by atoms with van der Waals surface area (Å²) in [6.07, 6.45) is -0.397. The molecule has 0 aliphatic rings. The summed E-state index contributed by atoms with van der Waals surface area (Å²) in [6, 6.07) is 0. The van der Waals surface area contributed by atoms with E-state index >= 15 is 0 Å². The van der Waals surface area contributed by atoms with Crippen LogP contribution < -0.4 is 5.32 Å². The van der Waals surface area contributed by atoms with Gasteiger partial charge in [0, 0.05) is 0 Å². The molecule has 0 spiro atoms. The lowest BCUT2D eigenvalue weighted by Crippen LogP contribution is -2.47. The number of aliphatic hydroxyl groups excluding tert-OH is 1. The van der Waals surface area contributed by atoms with Gasteiger partial charge < -0.3 is 14.6 Å². The lowest BCUT2D eigenvalue weighted by molar-refractivity contribution is -0.0559. The second-order valence-corrected chi connectivity index (χ2v) is 5.62. The van der Waals surface area contributed by atoms with Crippen molar-refractivity contribution in [1.82, 2.24) is 5.32 Å². The van der Waals surface area contributed by atoms with Crippen LogP contribution in [0.1, 0.15) is 48.0 Å². The van der Waals surface area contributed by atoms with Crippen molar-refractivity contribution in [2.24, 2.45) is 0 Å². The molecule has 0 saturated carbocycles. The van der Waals surface area contributed by atoms with Crippen molar-refractivity contribution in [3.05, 3.63) is 0 Å². The Morgan fingerprint density at radius 1 is 1.29 bits per heavy atom. The zero-order chi connectivity index (χ0) is 13.7. The van der Waals surface area contributed by atoms with Crippen molar-refractivity contribution in [3.63, 3.8) is 0 Å². The molecule has 5 nitrogen and oxygen atoms in total. The van der Waals surface area contributed by atoms with Crippen molar-refractivity contribution >= 4 is 6.09 Å². The highest BCUT2D eigenvalue weighted by molar-refractivity contribution is 5.68. The Morgan fingerprint density at radius 2 is 1.82 bits per heavy atom. The molecule has 5 heteroatoms. The number of amides is 1. The largest absolute Gasteiger partial charge is 0.444 e. The molecule has 0 aliphatic carbocycles. The zero-order valence-corrected chi connectivity index (χ0v) is 11.7. The smallest absolute Gasteiger partial charge is 0.409 e.